The molecule has 0 saturated heterocycles. The van der Waals surface area contributed by atoms with E-state index in [2.05, 4.69) is 4.76 Å². The van der Waals surface area contributed by atoms with Gasteiger partial charge in [0.25, 0.3) is 0 Å². The van der Waals surface area contributed by atoms with Crippen LogP contribution in [0.25, 0.3) is 0 Å². The number of benzene rings is 1. The Bertz CT molecular complexity index is 642. The summed E-state index contributed by atoms with van der Waals surface area (Å²) in [5, 5.41) is 18.6. The van der Waals surface area contributed by atoms with Gasteiger partial charge < -0.3 is 20.0 Å². The maximum atomic E-state index is 11.0. The van der Waals surface area contributed by atoms with Crippen LogP contribution in [0, 0.1) is 5.92 Å². The number of hydrogen-bond acceptors (Lipinski definition) is 3. The van der Waals surface area contributed by atoms with Crippen molar-refractivity contribution < 1.29 is 24.6 Å². The predicted molar refractivity (Wildman–Crippen MR) is 79.2 cm³/mol. The molecule has 0 heterocycles. The third kappa shape index (κ3) is 4.86. The molecule has 1 aromatic rings. The smallest absolute Gasteiger partial charge is 0.448 e. The minimum atomic E-state index is -4.53. The van der Waals surface area contributed by atoms with E-state index in [1.807, 2.05) is 0 Å². The second kappa shape index (κ2) is 6.26. The highest BCUT2D eigenvalue weighted by molar-refractivity contribution is 7.50. The molecule has 1 aliphatic carbocycles. The standard InChI is InChI=1S/C14H16NO5P/c16-12-6-2-10(3-7-12)1-4-11-5-8-13(17)9-14(11)15-21(18,19)20/h2-3,5-9,11,16-17H,1,4H2,(H2,18,19,20)/b15-14+. The van der Waals surface area contributed by atoms with Gasteiger partial charge in [0.2, 0.25) is 0 Å². The first kappa shape index (κ1) is 15.5. The third-order valence-electron chi connectivity index (χ3n) is 3.10. The van der Waals surface area contributed by atoms with E-state index in [0.29, 0.717) is 12.8 Å². The number of nitrogens with zero attached hydrogens (tertiary/aromatic N) is 1. The van der Waals surface area contributed by atoms with E-state index in [9.17, 15) is 14.8 Å². The number of allylic oxidation sites excluding steroid dienone is 3. The molecular formula is C14H16NO5P. The van der Waals surface area contributed by atoms with Crippen molar-refractivity contribution in [1.29, 1.82) is 0 Å². The summed E-state index contributed by atoms with van der Waals surface area (Å²) in [6, 6.07) is 6.74. The Morgan fingerprint density at radius 2 is 1.81 bits per heavy atom. The first-order chi connectivity index (χ1) is 9.83. The summed E-state index contributed by atoms with van der Waals surface area (Å²) in [5.41, 5.74) is 1.16. The first-order valence-corrected chi connectivity index (χ1v) is 7.92. The van der Waals surface area contributed by atoms with E-state index in [0.717, 1.165) is 5.56 Å². The molecule has 2 rings (SSSR count). The largest absolute Gasteiger partial charge is 0.508 e. The van der Waals surface area contributed by atoms with Crippen LogP contribution < -0.4 is 0 Å². The normalized spacial score (nSPS) is 20.6. The van der Waals surface area contributed by atoms with Crippen molar-refractivity contribution in [2.45, 2.75) is 12.8 Å². The van der Waals surface area contributed by atoms with Crippen molar-refractivity contribution in [3.63, 3.8) is 0 Å². The number of aliphatic hydroxyl groups is 1. The second-order valence-corrected chi connectivity index (χ2v) is 6.00. The fourth-order valence-corrected chi connectivity index (χ4v) is 2.61. The minimum Gasteiger partial charge on any atom is -0.508 e. The predicted octanol–water partition coefficient (Wildman–Crippen LogP) is 2.49. The molecule has 4 N–H and O–H groups in total. The highest BCUT2D eigenvalue weighted by Gasteiger charge is 2.20. The van der Waals surface area contributed by atoms with Crippen LogP contribution in [-0.4, -0.2) is 25.7 Å². The van der Waals surface area contributed by atoms with Gasteiger partial charge in [-0.05, 0) is 36.6 Å². The number of phenols is 1. The molecule has 0 aliphatic heterocycles. The second-order valence-electron chi connectivity index (χ2n) is 4.78. The lowest BCUT2D eigenvalue weighted by atomic mass is 9.91. The molecule has 0 amide bonds. The van der Waals surface area contributed by atoms with E-state index in [1.54, 1.807) is 30.3 Å². The Morgan fingerprint density at radius 1 is 1.14 bits per heavy atom. The van der Waals surface area contributed by atoms with Gasteiger partial charge in [-0.1, -0.05) is 18.2 Å². The van der Waals surface area contributed by atoms with Crippen LogP contribution in [0.5, 0.6) is 5.75 Å². The fraction of sp³-hybridized carbons (Fsp3) is 0.214. The molecule has 7 heteroatoms. The topological polar surface area (TPSA) is 110 Å². The summed E-state index contributed by atoms with van der Waals surface area (Å²) in [6.45, 7) is 0. The van der Waals surface area contributed by atoms with Crippen molar-refractivity contribution >= 4 is 13.5 Å². The summed E-state index contributed by atoms with van der Waals surface area (Å²) in [6.07, 6.45) is 5.67. The molecule has 21 heavy (non-hydrogen) atoms. The monoisotopic (exact) mass is 309 g/mol. The van der Waals surface area contributed by atoms with Gasteiger partial charge in [0.1, 0.15) is 11.5 Å². The van der Waals surface area contributed by atoms with Crippen molar-refractivity contribution in [1.82, 2.24) is 0 Å². The van der Waals surface area contributed by atoms with Crippen LogP contribution in [0.3, 0.4) is 0 Å². The van der Waals surface area contributed by atoms with Gasteiger partial charge in [0.05, 0.1) is 5.71 Å². The summed E-state index contributed by atoms with van der Waals surface area (Å²) in [4.78, 5) is 17.9. The Labute approximate surface area is 122 Å². The van der Waals surface area contributed by atoms with Gasteiger partial charge in [-0.15, -0.1) is 0 Å². The third-order valence-corrected chi connectivity index (χ3v) is 3.59. The summed E-state index contributed by atoms with van der Waals surface area (Å²) < 4.78 is 14.4. The van der Waals surface area contributed by atoms with Crippen molar-refractivity contribution in [3.05, 3.63) is 53.8 Å². The number of phenolic OH excluding ortho intramolecular Hbond substituents is 1. The lowest BCUT2D eigenvalue weighted by molar-refractivity contribution is 0.375. The zero-order valence-electron chi connectivity index (χ0n) is 11.1. The van der Waals surface area contributed by atoms with Crippen molar-refractivity contribution in [2.75, 3.05) is 0 Å². The first-order valence-electron chi connectivity index (χ1n) is 6.36. The molecule has 0 spiro atoms. The van der Waals surface area contributed by atoms with E-state index >= 15 is 0 Å². The number of aromatic hydroxyl groups is 1. The van der Waals surface area contributed by atoms with Gasteiger partial charge in [-0.3, -0.25) is 0 Å². The Balaban J connectivity index is 2.10. The maximum absolute atomic E-state index is 11.0. The van der Waals surface area contributed by atoms with Crippen molar-refractivity contribution in [2.24, 2.45) is 10.7 Å². The van der Waals surface area contributed by atoms with Gasteiger partial charge in [-0.2, -0.15) is 4.76 Å². The molecule has 1 unspecified atom stereocenters. The number of rotatable bonds is 4. The molecular weight excluding hydrogens is 293 g/mol. The zero-order chi connectivity index (χ0) is 15.5. The minimum absolute atomic E-state index is 0.0805. The van der Waals surface area contributed by atoms with E-state index in [4.69, 9.17) is 9.79 Å². The van der Waals surface area contributed by atoms with E-state index in [1.165, 1.54) is 12.2 Å². The highest BCUT2D eigenvalue weighted by atomic mass is 31.2. The van der Waals surface area contributed by atoms with Gasteiger partial charge in [-0.25, -0.2) is 4.57 Å². The van der Waals surface area contributed by atoms with Gasteiger partial charge >= 0.3 is 7.75 Å². The Hall–Kier alpha value is -1.88. The molecule has 1 atom stereocenters. The summed E-state index contributed by atoms with van der Waals surface area (Å²) in [7, 11) is -4.53. The molecule has 0 radical (unpaired) electrons. The zero-order valence-corrected chi connectivity index (χ0v) is 12.0. The molecule has 1 aromatic carbocycles. The van der Waals surface area contributed by atoms with Crippen LogP contribution in [-0.2, 0) is 11.0 Å². The molecule has 0 saturated carbocycles. The van der Waals surface area contributed by atoms with E-state index in [-0.39, 0.29) is 23.1 Å². The van der Waals surface area contributed by atoms with E-state index < -0.39 is 7.75 Å². The maximum Gasteiger partial charge on any atom is 0.448 e. The fourth-order valence-electron chi connectivity index (χ4n) is 2.10. The molecule has 6 nitrogen and oxygen atoms in total. The Kier molecular flexibility index (Phi) is 4.63. The van der Waals surface area contributed by atoms with Crippen LogP contribution >= 0.6 is 7.75 Å². The summed E-state index contributed by atoms with van der Waals surface area (Å²) in [5.74, 6) is -0.168. The van der Waals surface area contributed by atoms with Crippen LogP contribution in [0.1, 0.15) is 12.0 Å². The van der Waals surface area contributed by atoms with Crippen molar-refractivity contribution in [3.8, 4) is 5.75 Å². The SMILES string of the molecule is O=P(O)(O)/N=C1\C=C(O)C=CC1CCc1ccc(O)cc1. The average molecular weight is 309 g/mol. The molecule has 112 valence electrons. The molecule has 0 aromatic heterocycles. The van der Waals surface area contributed by atoms with Gasteiger partial charge in [0.15, 0.2) is 0 Å². The summed E-state index contributed by atoms with van der Waals surface area (Å²) >= 11 is 0. The molecule has 0 bridgehead atoms. The Morgan fingerprint density at radius 3 is 2.43 bits per heavy atom. The van der Waals surface area contributed by atoms with Gasteiger partial charge in [0, 0.05) is 12.0 Å². The molecule has 0 fully saturated rings. The quantitative estimate of drug-likeness (QED) is 0.639. The van der Waals surface area contributed by atoms with Crippen LogP contribution in [0.2, 0.25) is 0 Å². The molecule has 1 aliphatic rings. The number of hydrogen-bond donors (Lipinski definition) is 4. The lowest BCUT2D eigenvalue weighted by Gasteiger charge is -2.17. The highest BCUT2D eigenvalue weighted by Crippen LogP contribution is 2.38. The number of aryl methyl sites for hydroxylation is 1. The van der Waals surface area contributed by atoms with Crippen LogP contribution in [0.15, 0.2) is 53.0 Å². The lowest BCUT2D eigenvalue weighted by Crippen LogP contribution is -2.15. The average Bonchev–Trinajstić information content (AvgIpc) is 2.38. The van der Waals surface area contributed by atoms with Crippen LogP contribution in [0.4, 0.5) is 0 Å². The number of aliphatic hydroxyl groups excluding tert-OH is 1.